The van der Waals surface area contributed by atoms with Crippen LogP contribution in [0.25, 0.3) is 0 Å². The first kappa shape index (κ1) is 14.0. The molecule has 2 atom stereocenters. The maximum absolute atomic E-state index is 12.6. The topological polar surface area (TPSA) is 70.4 Å². The molecular formula is C13H16N2O3S. The third-order valence-electron chi connectivity index (χ3n) is 3.12. The second-order valence-corrected chi connectivity index (χ2v) is 6.60. The molecule has 0 radical (unpaired) electrons. The van der Waals surface area contributed by atoms with E-state index < -0.39 is 10.0 Å². The molecule has 102 valence electrons. The quantitative estimate of drug-likeness (QED) is 0.820. The van der Waals surface area contributed by atoms with Gasteiger partial charge in [0.1, 0.15) is 0 Å². The number of sulfonamides is 1. The fraction of sp³-hybridized carbons (Fsp3) is 0.462. The number of rotatable bonds is 2. The number of nitrogens with zero attached hydrogens (tertiary/aromatic N) is 2. The summed E-state index contributed by atoms with van der Waals surface area (Å²) in [4.78, 5) is 0.160. The minimum atomic E-state index is -3.57. The lowest BCUT2D eigenvalue weighted by atomic mass is 10.2. The Morgan fingerprint density at radius 3 is 2.84 bits per heavy atom. The van der Waals surface area contributed by atoms with Crippen LogP contribution in [0.4, 0.5) is 0 Å². The van der Waals surface area contributed by atoms with Crippen molar-refractivity contribution in [3.05, 3.63) is 29.8 Å². The van der Waals surface area contributed by atoms with Crippen LogP contribution >= 0.6 is 0 Å². The van der Waals surface area contributed by atoms with Gasteiger partial charge in [-0.05, 0) is 32.0 Å². The Kier molecular flexibility index (Phi) is 3.90. The second kappa shape index (κ2) is 5.29. The predicted molar refractivity (Wildman–Crippen MR) is 69.9 cm³/mol. The highest BCUT2D eigenvalue weighted by molar-refractivity contribution is 7.89. The molecule has 2 rings (SSSR count). The number of benzene rings is 1. The van der Waals surface area contributed by atoms with E-state index in [1.54, 1.807) is 12.1 Å². The average molecular weight is 280 g/mol. The van der Waals surface area contributed by atoms with Gasteiger partial charge in [0, 0.05) is 12.6 Å². The Morgan fingerprint density at radius 1 is 1.42 bits per heavy atom. The molecule has 1 aliphatic heterocycles. The zero-order chi connectivity index (χ0) is 14.0. The molecule has 0 aliphatic carbocycles. The van der Waals surface area contributed by atoms with Gasteiger partial charge >= 0.3 is 0 Å². The molecule has 1 aromatic rings. The van der Waals surface area contributed by atoms with Crippen molar-refractivity contribution in [2.75, 3.05) is 13.2 Å². The number of nitriles is 1. The van der Waals surface area contributed by atoms with Crippen LogP contribution in [-0.2, 0) is 14.8 Å². The fourth-order valence-electron chi connectivity index (χ4n) is 2.07. The molecule has 19 heavy (non-hydrogen) atoms. The SMILES string of the molecule is C[C@@H]1CO[C@@H](C)CN1S(=O)(=O)c1cccc(C#N)c1. The molecule has 0 spiro atoms. The van der Waals surface area contributed by atoms with Crippen molar-refractivity contribution in [1.29, 1.82) is 5.26 Å². The Morgan fingerprint density at radius 2 is 2.16 bits per heavy atom. The largest absolute Gasteiger partial charge is 0.375 e. The van der Waals surface area contributed by atoms with Crippen LogP contribution in [0.15, 0.2) is 29.2 Å². The van der Waals surface area contributed by atoms with Gasteiger partial charge in [-0.25, -0.2) is 8.42 Å². The first-order chi connectivity index (χ1) is 8.95. The molecule has 0 N–H and O–H groups in total. The monoisotopic (exact) mass is 280 g/mol. The summed E-state index contributed by atoms with van der Waals surface area (Å²) in [5.74, 6) is 0. The van der Waals surface area contributed by atoms with Crippen LogP contribution < -0.4 is 0 Å². The van der Waals surface area contributed by atoms with Crippen LogP contribution in [0.2, 0.25) is 0 Å². The smallest absolute Gasteiger partial charge is 0.243 e. The number of morpholine rings is 1. The molecule has 1 aromatic carbocycles. The third-order valence-corrected chi connectivity index (χ3v) is 5.10. The summed E-state index contributed by atoms with van der Waals surface area (Å²) in [5, 5.41) is 8.85. The van der Waals surface area contributed by atoms with Crippen molar-refractivity contribution in [3.8, 4) is 6.07 Å². The van der Waals surface area contributed by atoms with Crippen LogP contribution in [0.1, 0.15) is 19.4 Å². The summed E-state index contributed by atoms with van der Waals surface area (Å²) >= 11 is 0. The molecule has 0 aromatic heterocycles. The summed E-state index contributed by atoms with van der Waals surface area (Å²) in [6.45, 7) is 4.39. The zero-order valence-corrected chi connectivity index (χ0v) is 11.7. The first-order valence-corrected chi connectivity index (χ1v) is 7.53. The summed E-state index contributed by atoms with van der Waals surface area (Å²) < 4.78 is 32.0. The lowest BCUT2D eigenvalue weighted by Crippen LogP contribution is -2.50. The van der Waals surface area contributed by atoms with Crippen molar-refractivity contribution in [2.24, 2.45) is 0 Å². The van der Waals surface area contributed by atoms with E-state index in [1.807, 2.05) is 19.9 Å². The lowest BCUT2D eigenvalue weighted by molar-refractivity contribution is -0.0170. The van der Waals surface area contributed by atoms with E-state index in [-0.39, 0.29) is 17.0 Å². The second-order valence-electron chi connectivity index (χ2n) is 4.71. The average Bonchev–Trinajstić information content (AvgIpc) is 2.41. The van der Waals surface area contributed by atoms with E-state index >= 15 is 0 Å². The standard InChI is InChI=1S/C13H16N2O3S/c1-10-9-18-11(2)8-15(10)19(16,17)13-5-3-4-12(6-13)7-14/h3-6,10-11H,8-9H2,1-2H3/t10-,11+/m1/s1. The third kappa shape index (κ3) is 2.78. The molecule has 5 nitrogen and oxygen atoms in total. The van der Waals surface area contributed by atoms with Crippen molar-refractivity contribution in [2.45, 2.75) is 30.9 Å². The number of hydrogen-bond donors (Lipinski definition) is 0. The Balaban J connectivity index is 2.38. The van der Waals surface area contributed by atoms with E-state index in [1.165, 1.54) is 16.4 Å². The summed E-state index contributed by atoms with van der Waals surface area (Å²) in [7, 11) is -3.57. The highest BCUT2D eigenvalue weighted by Crippen LogP contribution is 2.22. The van der Waals surface area contributed by atoms with E-state index in [4.69, 9.17) is 10.00 Å². The molecule has 0 saturated carbocycles. The molecule has 1 heterocycles. The van der Waals surface area contributed by atoms with Gasteiger partial charge in [0.05, 0.1) is 29.2 Å². The minimum absolute atomic E-state index is 0.120. The van der Waals surface area contributed by atoms with Gasteiger partial charge in [-0.3, -0.25) is 0 Å². The van der Waals surface area contributed by atoms with Gasteiger partial charge in [0.2, 0.25) is 10.0 Å². The number of hydrogen-bond acceptors (Lipinski definition) is 4. The van der Waals surface area contributed by atoms with Crippen LogP contribution in [0.3, 0.4) is 0 Å². The maximum Gasteiger partial charge on any atom is 0.243 e. The van der Waals surface area contributed by atoms with E-state index in [2.05, 4.69) is 0 Å². The normalized spacial score (nSPS) is 24.9. The van der Waals surface area contributed by atoms with Crippen LogP contribution in [0, 0.1) is 11.3 Å². The molecule has 1 aliphatic rings. The summed E-state index contributed by atoms with van der Waals surface area (Å²) in [6.07, 6.45) is -0.120. The summed E-state index contributed by atoms with van der Waals surface area (Å²) in [5.41, 5.74) is 0.343. The first-order valence-electron chi connectivity index (χ1n) is 6.09. The Bertz CT molecular complexity index is 607. The predicted octanol–water partition coefficient (Wildman–Crippen LogP) is 1.36. The fourth-order valence-corrected chi connectivity index (χ4v) is 3.81. The van der Waals surface area contributed by atoms with Gasteiger partial charge in [0.15, 0.2) is 0 Å². The molecule has 1 saturated heterocycles. The molecular weight excluding hydrogens is 264 g/mol. The Labute approximate surface area is 113 Å². The highest BCUT2D eigenvalue weighted by Gasteiger charge is 2.34. The highest BCUT2D eigenvalue weighted by atomic mass is 32.2. The van der Waals surface area contributed by atoms with Gasteiger partial charge < -0.3 is 4.74 Å². The molecule has 0 bridgehead atoms. The van der Waals surface area contributed by atoms with Gasteiger partial charge in [0.25, 0.3) is 0 Å². The van der Waals surface area contributed by atoms with Gasteiger partial charge in [-0.15, -0.1) is 0 Å². The van der Waals surface area contributed by atoms with E-state index in [0.717, 1.165) is 0 Å². The maximum atomic E-state index is 12.6. The summed E-state index contributed by atoms with van der Waals surface area (Å²) in [6, 6.07) is 7.85. The minimum Gasteiger partial charge on any atom is -0.375 e. The van der Waals surface area contributed by atoms with Crippen molar-refractivity contribution in [1.82, 2.24) is 4.31 Å². The number of ether oxygens (including phenoxy) is 1. The van der Waals surface area contributed by atoms with Crippen LogP contribution in [0.5, 0.6) is 0 Å². The van der Waals surface area contributed by atoms with E-state index in [9.17, 15) is 8.42 Å². The van der Waals surface area contributed by atoms with Crippen molar-refractivity contribution in [3.63, 3.8) is 0 Å². The molecule has 1 fully saturated rings. The molecule has 6 heteroatoms. The van der Waals surface area contributed by atoms with Crippen molar-refractivity contribution >= 4 is 10.0 Å². The molecule has 0 amide bonds. The zero-order valence-electron chi connectivity index (χ0n) is 10.9. The Hall–Kier alpha value is -1.42. The van der Waals surface area contributed by atoms with Crippen LogP contribution in [-0.4, -0.2) is 38.0 Å². The molecule has 0 unspecified atom stereocenters. The van der Waals surface area contributed by atoms with Gasteiger partial charge in [-0.1, -0.05) is 6.07 Å². The van der Waals surface area contributed by atoms with Gasteiger partial charge in [-0.2, -0.15) is 9.57 Å². The van der Waals surface area contributed by atoms with E-state index in [0.29, 0.717) is 18.7 Å². The lowest BCUT2D eigenvalue weighted by Gasteiger charge is -2.35. The van der Waals surface area contributed by atoms with Crippen molar-refractivity contribution < 1.29 is 13.2 Å².